The summed E-state index contributed by atoms with van der Waals surface area (Å²) < 4.78 is 0. The molecule has 1 aliphatic rings. The van der Waals surface area contributed by atoms with Gasteiger partial charge in [-0.15, -0.1) is 0 Å². The lowest BCUT2D eigenvalue weighted by molar-refractivity contribution is -0.121. The summed E-state index contributed by atoms with van der Waals surface area (Å²) in [6.45, 7) is 0. The van der Waals surface area contributed by atoms with E-state index >= 15 is 0 Å². The van der Waals surface area contributed by atoms with E-state index in [2.05, 4.69) is 5.32 Å². The van der Waals surface area contributed by atoms with Crippen molar-refractivity contribution in [1.82, 2.24) is 0 Å². The first-order valence-electron chi connectivity index (χ1n) is 7.00. The highest BCUT2D eigenvalue weighted by molar-refractivity contribution is 5.94. The van der Waals surface area contributed by atoms with Crippen LogP contribution in [0.5, 0.6) is 0 Å². The molecule has 0 saturated heterocycles. The zero-order chi connectivity index (χ0) is 14.5. The number of amides is 2. The smallest absolute Gasteiger partial charge is 0.229 e. The van der Waals surface area contributed by atoms with Crippen LogP contribution in [0.2, 0.25) is 0 Å². The highest BCUT2D eigenvalue weighted by Crippen LogP contribution is 2.25. The Balaban J connectivity index is 2.09. The molecule has 1 saturated carbocycles. The molecular weight excluding hydrogens is 254 g/mol. The van der Waals surface area contributed by atoms with Gasteiger partial charge in [0.05, 0.1) is 12.3 Å². The van der Waals surface area contributed by atoms with Gasteiger partial charge >= 0.3 is 0 Å². The topological polar surface area (TPSA) is 98.2 Å². The number of hydrogen-bond acceptors (Lipinski definition) is 3. The Morgan fingerprint density at radius 1 is 1.20 bits per heavy atom. The van der Waals surface area contributed by atoms with Gasteiger partial charge in [-0.05, 0) is 24.5 Å². The Bertz CT molecular complexity index is 502. The first kappa shape index (κ1) is 14.5. The summed E-state index contributed by atoms with van der Waals surface area (Å²) in [5, 5.41) is 2.89. The molecule has 2 unspecified atom stereocenters. The first-order chi connectivity index (χ1) is 9.58. The fourth-order valence-electron chi connectivity index (χ4n) is 2.69. The minimum absolute atomic E-state index is 0.0610. The van der Waals surface area contributed by atoms with Crippen molar-refractivity contribution in [3.05, 3.63) is 29.8 Å². The van der Waals surface area contributed by atoms with Gasteiger partial charge in [-0.1, -0.05) is 31.0 Å². The fraction of sp³-hybridized carbons (Fsp3) is 0.467. The number of rotatable bonds is 4. The average Bonchev–Trinajstić information content (AvgIpc) is 2.41. The van der Waals surface area contributed by atoms with Crippen molar-refractivity contribution in [2.24, 2.45) is 17.4 Å². The van der Waals surface area contributed by atoms with E-state index in [4.69, 9.17) is 11.5 Å². The third-order valence-corrected chi connectivity index (χ3v) is 3.80. The van der Waals surface area contributed by atoms with Crippen LogP contribution < -0.4 is 16.8 Å². The zero-order valence-electron chi connectivity index (χ0n) is 11.5. The summed E-state index contributed by atoms with van der Waals surface area (Å²) in [5.41, 5.74) is 12.6. The maximum Gasteiger partial charge on any atom is 0.229 e. The van der Waals surface area contributed by atoms with Gasteiger partial charge in [0.15, 0.2) is 0 Å². The molecule has 0 bridgehead atoms. The predicted octanol–water partition coefficient (Wildman–Crippen LogP) is 1.17. The maximum atomic E-state index is 12.3. The van der Waals surface area contributed by atoms with Gasteiger partial charge in [-0.2, -0.15) is 0 Å². The highest BCUT2D eigenvalue weighted by atomic mass is 16.2. The molecule has 108 valence electrons. The van der Waals surface area contributed by atoms with Crippen LogP contribution in [0.25, 0.3) is 0 Å². The van der Waals surface area contributed by atoms with Crippen LogP contribution in [0, 0.1) is 5.92 Å². The number of nitrogens with two attached hydrogens (primary N) is 2. The van der Waals surface area contributed by atoms with Crippen molar-refractivity contribution in [3.8, 4) is 0 Å². The fourth-order valence-corrected chi connectivity index (χ4v) is 2.69. The van der Waals surface area contributed by atoms with Gasteiger partial charge in [0.1, 0.15) is 0 Å². The zero-order valence-corrected chi connectivity index (χ0v) is 11.5. The van der Waals surface area contributed by atoms with Crippen molar-refractivity contribution >= 4 is 17.5 Å². The molecule has 1 fully saturated rings. The summed E-state index contributed by atoms with van der Waals surface area (Å²) in [7, 11) is 0. The Labute approximate surface area is 118 Å². The van der Waals surface area contributed by atoms with E-state index in [1.54, 1.807) is 12.1 Å². The molecule has 1 aromatic rings. The van der Waals surface area contributed by atoms with E-state index in [9.17, 15) is 9.59 Å². The number of hydrogen-bond donors (Lipinski definition) is 3. The molecule has 0 aliphatic heterocycles. The number of para-hydroxylation sites is 1. The summed E-state index contributed by atoms with van der Waals surface area (Å²) >= 11 is 0. The number of benzene rings is 1. The molecule has 20 heavy (non-hydrogen) atoms. The van der Waals surface area contributed by atoms with Gasteiger partial charge in [-0.25, -0.2) is 0 Å². The van der Waals surface area contributed by atoms with Gasteiger partial charge < -0.3 is 16.8 Å². The molecule has 5 N–H and O–H groups in total. The van der Waals surface area contributed by atoms with Crippen molar-refractivity contribution in [1.29, 1.82) is 0 Å². The Hall–Kier alpha value is -1.88. The van der Waals surface area contributed by atoms with Crippen molar-refractivity contribution in [3.63, 3.8) is 0 Å². The van der Waals surface area contributed by atoms with Crippen LogP contribution >= 0.6 is 0 Å². The lowest BCUT2D eigenvalue weighted by Crippen LogP contribution is -2.40. The second-order valence-corrected chi connectivity index (χ2v) is 5.34. The van der Waals surface area contributed by atoms with Crippen molar-refractivity contribution in [2.45, 2.75) is 38.1 Å². The second kappa shape index (κ2) is 6.52. The number of nitrogens with one attached hydrogen (secondary N) is 1. The number of anilines is 1. The van der Waals surface area contributed by atoms with Crippen molar-refractivity contribution < 1.29 is 9.59 Å². The second-order valence-electron chi connectivity index (χ2n) is 5.34. The minimum Gasteiger partial charge on any atom is -0.369 e. The van der Waals surface area contributed by atoms with Gasteiger partial charge in [0.2, 0.25) is 11.8 Å². The predicted molar refractivity (Wildman–Crippen MR) is 77.9 cm³/mol. The Morgan fingerprint density at radius 2 is 1.90 bits per heavy atom. The molecule has 2 atom stereocenters. The van der Waals surface area contributed by atoms with E-state index in [-0.39, 0.29) is 24.3 Å². The van der Waals surface area contributed by atoms with Crippen molar-refractivity contribution in [2.75, 3.05) is 5.32 Å². The van der Waals surface area contributed by atoms with E-state index in [1.807, 2.05) is 12.1 Å². The SMILES string of the molecule is NC(=O)Cc1ccccc1NC(=O)C1CCCCC1N. The molecule has 2 rings (SSSR count). The van der Waals surface area contributed by atoms with E-state index in [0.29, 0.717) is 5.69 Å². The van der Waals surface area contributed by atoms with Crippen LogP contribution in [0.4, 0.5) is 5.69 Å². The lowest BCUT2D eigenvalue weighted by Gasteiger charge is -2.27. The van der Waals surface area contributed by atoms with E-state index < -0.39 is 5.91 Å². The lowest BCUT2D eigenvalue weighted by atomic mass is 9.84. The van der Waals surface area contributed by atoms with Gasteiger partial charge in [-0.3, -0.25) is 9.59 Å². The van der Waals surface area contributed by atoms with E-state index in [0.717, 1.165) is 31.2 Å². The summed E-state index contributed by atoms with van der Waals surface area (Å²) in [4.78, 5) is 23.4. The monoisotopic (exact) mass is 275 g/mol. The Morgan fingerprint density at radius 3 is 2.60 bits per heavy atom. The molecule has 0 spiro atoms. The quantitative estimate of drug-likeness (QED) is 0.769. The maximum absolute atomic E-state index is 12.3. The van der Waals surface area contributed by atoms with E-state index in [1.165, 1.54) is 0 Å². The van der Waals surface area contributed by atoms with Crippen LogP contribution in [0.3, 0.4) is 0 Å². The molecular formula is C15H21N3O2. The largest absolute Gasteiger partial charge is 0.369 e. The molecule has 5 nitrogen and oxygen atoms in total. The van der Waals surface area contributed by atoms with Gasteiger partial charge in [0, 0.05) is 11.7 Å². The molecule has 0 aromatic heterocycles. The number of carbonyl (C=O) groups excluding carboxylic acids is 2. The minimum atomic E-state index is -0.416. The van der Waals surface area contributed by atoms with Crippen LogP contribution in [0.1, 0.15) is 31.2 Å². The summed E-state index contributed by atoms with van der Waals surface area (Å²) in [6.07, 6.45) is 3.96. The molecule has 1 aromatic carbocycles. The van der Waals surface area contributed by atoms with Crippen LogP contribution in [0.15, 0.2) is 24.3 Å². The third kappa shape index (κ3) is 3.57. The molecule has 1 aliphatic carbocycles. The number of carbonyl (C=O) groups is 2. The van der Waals surface area contributed by atoms with Gasteiger partial charge in [0.25, 0.3) is 0 Å². The molecule has 0 radical (unpaired) electrons. The third-order valence-electron chi connectivity index (χ3n) is 3.80. The summed E-state index contributed by atoms with van der Waals surface area (Å²) in [6, 6.07) is 7.14. The number of primary amides is 1. The Kier molecular flexibility index (Phi) is 4.74. The molecule has 2 amide bonds. The first-order valence-corrected chi connectivity index (χ1v) is 7.00. The normalized spacial score (nSPS) is 22.2. The highest BCUT2D eigenvalue weighted by Gasteiger charge is 2.28. The average molecular weight is 275 g/mol. The summed E-state index contributed by atoms with van der Waals surface area (Å²) in [5.74, 6) is -0.624. The standard InChI is InChI=1S/C15H21N3O2/c16-12-7-3-2-6-11(12)15(20)18-13-8-4-1-5-10(13)9-14(17)19/h1,4-5,8,11-12H,2-3,6-7,9,16H2,(H2,17,19)(H,18,20). The molecule has 5 heteroatoms. The van der Waals surface area contributed by atoms with Crippen LogP contribution in [-0.2, 0) is 16.0 Å². The molecule has 0 heterocycles. The van der Waals surface area contributed by atoms with Crippen LogP contribution in [-0.4, -0.2) is 17.9 Å².